The molecule has 122 valence electrons. The van der Waals surface area contributed by atoms with Crippen LogP contribution in [0.3, 0.4) is 0 Å². The lowest BCUT2D eigenvalue weighted by Crippen LogP contribution is -2.20. The number of carbonyl (C=O) groups is 1. The van der Waals surface area contributed by atoms with Gasteiger partial charge in [-0.05, 0) is 36.4 Å². The number of benzene rings is 2. The van der Waals surface area contributed by atoms with Crippen molar-refractivity contribution in [2.75, 3.05) is 10.6 Å². The number of anilines is 2. The van der Waals surface area contributed by atoms with Crippen molar-refractivity contribution in [1.82, 2.24) is 0 Å². The van der Waals surface area contributed by atoms with Gasteiger partial charge in [-0.1, -0.05) is 0 Å². The molecule has 0 aliphatic heterocycles. The van der Waals surface area contributed by atoms with E-state index in [1.165, 1.54) is 0 Å². The van der Waals surface area contributed by atoms with Gasteiger partial charge in [0.05, 0.1) is 11.3 Å². The van der Waals surface area contributed by atoms with Crippen molar-refractivity contribution in [3.05, 3.63) is 59.4 Å². The van der Waals surface area contributed by atoms with E-state index in [0.29, 0.717) is 6.07 Å². The number of hydrogen-bond donors (Lipinski definition) is 2. The van der Waals surface area contributed by atoms with Crippen molar-refractivity contribution in [3.8, 4) is 0 Å². The summed E-state index contributed by atoms with van der Waals surface area (Å²) in [7, 11) is 0. The summed E-state index contributed by atoms with van der Waals surface area (Å²) >= 11 is 0. The predicted octanol–water partition coefficient (Wildman–Crippen LogP) is 4.77. The molecule has 2 aromatic carbocycles. The fourth-order valence-corrected chi connectivity index (χ4v) is 1.65. The van der Waals surface area contributed by atoms with Crippen molar-refractivity contribution in [2.24, 2.45) is 0 Å². The largest absolute Gasteiger partial charge is 0.416 e. The molecule has 0 aromatic heterocycles. The molecule has 0 atom stereocenters. The number of carbonyl (C=O) groups excluding carboxylic acids is 1. The van der Waals surface area contributed by atoms with Crippen LogP contribution in [0.1, 0.15) is 5.56 Å². The molecule has 0 saturated heterocycles. The van der Waals surface area contributed by atoms with Crippen LogP contribution in [0.2, 0.25) is 0 Å². The van der Waals surface area contributed by atoms with Gasteiger partial charge in [0.1, 0.15) is 0 Å². The maximum Gasteiger partial charge on any atom is 0.416 e. The van der Waals surface area contributed by atoms with Gasteiger partial charge in [0.25, 0.3) is 0 Å². The van der Waals surface area contributed by atoms with Gasteiger partial charge in [-0.2, -0.15) is 13.2 Å². The molecule has 3 nitrogen and oxygen atoms in total. The minimum atomic E-state index is -4.52. The summed E-state index contributed by atoms with van der Waals surface area (Å²) < 4.78 is 76.2. The topological polar surface area (TPSA) is 41.1 Å². The summed E-state index contributed by atoms with van der Waals surface area (Å²) in [4.78, 5) is 11.6. The summed E-state index contributed by atoms with van der Waals surface area (Å²) in [5.41, 5.74) is -1.53. The Bertz CT molecular complexity index is 727. The van der Waals surface area contributed by atoms with E-state index in [1.807, 2.05) is 5.32 Å². The third-order valence-electron chi connectivity index (χ3n) is 2.75. The van der Waals surface area contributed by atoms with Gasteiger partial charge in [0.2, 0.25) is 0 Å². The fourth-order valence-electron chi connectivity index (χ4n) is 1.65. The monoisotopic (exact) mass is 334 g/mol. The van der Waals surface area contributed by atoms with E-state index in [9.17, 15) is 31.1 Å². The van der Waals surface area contributed by atoms with Gasteiger partial charge in [-0.15, -0.1) is 0 Å². The minimum absolute atomic E-state index is 0.00140. The average Bonchev–Trinajstić information content (AvgIpc) is 2.47. The Morgan fingerprint density at radius 1 is 0.826 bits per heavy atom. The van der Waals surface area contributed by atoms with Crippen LogP contribution in [-0.4, -0.2) is 6.03 Å². The van der Waals surface area contributed by atoms with Gasteiger partial charge in [-0.25, -0.2) is 18.0 Å². The van der Waals surface area contributed by atoms with Crippen LogP contribution < -0.4 is 10.6 Å². The second kappa shape index (κ2) is 6.19. The van der Waals surface area contributed by atoms with E-state index < -0.39 is 40.9 Å². The Kier molecular flexibility index (Phi) is 4.48. The Balaban J connectivity index is 2.07. The molecule has 0 aliphatic carbocycles. The molecule has 0 bridgehead atoms. The molecule has 2 rings (SSSR count). The first-order valence-electron chi connectivity index (χ1n) is 6.07. The van der Waals surface area contributed by atoms with E-state index in [0.717, 1.165) is 30.3 Å². The lowest BCUT2D eigenvalue weighted by Gasteiger charge is -2.10. The Morgan fingerprint density at radius 2 is 1.43 bits per heavy atom. The molecular weight excluding hydrogens is 326 g/mol. The lowest BCUT2D eigenvalue weighted by atomic mass is 10.2. The van der Waals surface area contributed by atoms with E-state index in [4.69, 9.17) is 0 Å². The highest BCUT2D eigenvalue weighted by molar-refractivity contribution is 5.99. The summed E-state index contributed by atoms with van der Waals surface area (Å²) in [6.07, 6.45) is -4.52. The van der Waals surface area contributed by atoms with Gasteiger partial charge in [-0.3, -0.25) is 0 Å². The minimum Gasteiger partial charge on any atom is -0.308 e. The number of urea groups is 1. The lowest BCUT2D eigenvalue weighted by molar-refractivity contribution is -0.137. The van der Waals surface area contributed by atoms with Crippen LogP contribution in [0.15, 0.2) is 36.4 Å². The van der Waals surface area contributed by atoms with Crippen LogP contribution in [0.5, 0.6) is 0 Å². The standard InChI is InChI=1S/C14H8F6N2O/c15-9-5-6-10(12(17)11(9)16)22-13(23)21-8-3-1-7(2-4-8)14(18,19)20/h1-6H,(H2,21,22,23). The summed E-state index contributed by atoms with van der Waals surface area (Å²) in [5.74, 6) is -4.76. The second-order valence-electron chi connectivity index (χ2n) is 4.38. The zero-order valence-electron chi connectivity index (χ0n) is 11.1. The van der Waals surface area contributed by atoms with E-state index >= 15 is 0 Å². The van der Waals surface area contributed by atoms with E-state index in [-0.39, 0.29) is 5.69 Å². The van der Waals surface area contributed by atoms with Crippen molar-refractivity contribution < 1.29 is 31.1 Å². The Morgan fingerprint density at radius 3 is 2.00 bits per heavy atom. The molecule has 0 aliphatic rings. The highest BCUT2D eigenvalue weighted by atomic mass is 19.4. The number of halogens is 6. The molecule has 0 fully saturated rings. The predicted molar refractivity (Wildman–Crippen MR) is 70.4 cm³/mol. The molecule has 9 heteroatoms. The molecule has 0 spiro atoms. The third-order valence-corrected chi connectivity index (χ3v) is 2.75. The smallest absolute Gasteiger partial charge is 0.308 e. The number of alkyl halides is 3. The maximum absolute atomic E-state index is 13.4. The van der Waals surface area contributed by atoms with Crippen LogP contribution in [0.4, 0.5) is 42.5 Å². The SMILES string of the molecule is O=C(Nc1ccc(C(F)(F)F)cc1)Nc1ccc(F)c(F)c1F. The van der Waals surface area contributed by atoms with Gasteiger partial charge >= 0.3 is 12.2 Å². The van der Waals surface area contributed by atoms with E-state index in [2.05, 4.69) is 5.32 Å². The molecule has 0 radical (unpaired) electrons. The molecule has 2 amide bonds. The van der Waals surface area contributed by atoms with Crippen LogP contribution in [0.25, 0.3) is 0 Å². The van der Waals surface area contributed by atoms with Crippen LogP contribution >= 0.6 is 0 Å². The number of rotatable bonds is 2. The summed E-state index contributed by atoms with van der Waals surface area (Å²) in [6.45, 7) is 0. The first-order chi connectivity index (χ1) is 10.7. The number of hydrogen-bond acceptors (Lipinski definition) is 1. The van der Waals surface area contributed by atoms with Gasteiger partial charge in [0.15, 0.2) is 17.5 Å². The van der Waals surface area contributed by atoms with Crippen molar-refractivity contribution in [1.29, 1.82) is 0 Å². The number of amides is 2. The highest BCUT2D eigenvalue weighted by Gasteiger charge is 2.30. The molecule has 23 heavy (non-hydrogen) atoms. The average molecular weight is 334 g/mol. The Labute approximate surface area is 125 Å². The molecule has 2 N–H and O–H groups in total. The van der Waals surface area contributed by atoms with Crippen molar-refractivity contribution in [2.45, 2.75) is 6.18 Å². The highest BCUT2D eigenvalue weighted by Crippen LogP contribution is 2.29. The molecule has 0 unspecified atom stereocenters. The summed E-state index contributed by atoms with van der Waals surface area (Å²) in [6, 6.07) is 3.86. The van der Waals surface area contributed by atoms with E-state index in [1.54, 1.807) is 0 Å². The quantitative estimate of drug-likeness (QED) is 0.603. The van der Waals surface area contributed by atoms with Gasteiger partial charge in [0, 0.05) is 5.69 Å². The second-order valence-corrected chi connectivity index (χ2v) is 4.38. The zero-order valence-corrected chi connectivity index (χ0v) is 11.1. The molecular formula is C14H8F6N2O. The third kappa shape index (κ3) is 3.93. The molecule has 0 heterocycles. The van der Waals surface area contributed by atoms with Gasteiger partial charge < -0.3 is 10.6 Å². The summed E-state index contributed by atoms with van der Waals surface area (Å²) in [5, 5.41) is 4.05. The molecule has 0 saturated carbocycles. The van der Waals surface area contributed by atoms with Crippen molar-refractivity contribution >= 4 is 17.4 Å². The maximum atomic E-state index is 13.4. The zero-order chi connectivity index (χ0) is 17.2. The normalized spacial score (nSPS) is 11.2. The Hall–Kier alpha value is -2.71. The first-order valence-corrected chi connectivity index (χ1v) is 6.07. The molecule has 2 aromatic rings. The van der Waals surface area contributed by atoms with Crippen LogP contribution in [0, 0.1) is 17.5 Å². The van der Waals surface area contributed by atoms with Crippen LogP contribution in [-0.2, 0) is 6.18 Å². The fraction of sp³-hybridized carbons (Fsp3) is 0.0714. The first kappa shape index (κ1) is 16.7. The number of nitrogens with one attached hydrogen (secondary N) is 2. The van der Waals surface area contributed by atoms with Crippen molar-refractivity contribution in [3.63, 3.8) is 0 Å².